The van der Waals surface area contributed by atoms with E-state index in [9.17, 15) is 19.5 Å². The Bertz CT molecular complexity index is 1290. The number of aromatic nitrogens is 3. The van der Waals surface area contributed by atoms with Gasteiger partial charge in [0.05, 0.1) is 18.7 Å². The van der Waals surface area contributed by atoms with Crippen molar-refractivity contribution >= 4 is 75.3 Å². The minimum Gasteiger partial charge on any atom is -0.543 e. The molecule has 36 heavy (non-hydrogen) atoms. The molecule has 2 aromatic heterocycles. The molecule has 2 atom stereocenters. The molecule has 7 N–H and O–H groups in total. The van der Waals surface area contributed by atoms with Crippen molar-refractivity contribution in [1.29, 1.82) is 0 Å². The number of carbonyl (C=O) groups is 3. The lowest BCUT2D eigenvalue weighted by Gasteiger charge is -2.50. The predicted molar refractivity (Wildman–Crippen MR) is 132 cm³/mol. The Balaban J connectivity index is 1.50. The van der Waals surface area contributed by atoms with E-state index in [1.807, 2.05) is 0 Å². The molecule has 1 saturated heterocycles. The maximum absolute atomic E-state index is 12.9. The van der Waals surface area contributed by atoms with E-state index in [2.05, 4.69) is 20.4 Å². The molecular weight excluding hydrogens is 530 g/mol. The Labute approximate surface area is 216 Å². The monoisotopic (exact) mass is 551 g/mol. The second-order valence-electron chi connectivity index (χ2n) is 7.52. The van der Waals surface area contributed by atoms with E-state index >= 15 is 0 Å². The first-order valence-corrected chi connectivity index (χ1v) is 13.1. The van der Waals surface area contributed by atoms with Gasteiger partial charge in [-0.25, -0.2) is 9.55 Å². The highest BCUT2D eigenvalue weighted by molar-refractivity contribution is 8.01. The minimum absolute atomic E-state index is 0.160. The first-order valence-electron chi connectivity index (χ1n) is 10.2. The van der Waals surface area contributed by atoms with Crippen LogP contribution < -0.4 is 32.2 Å². The molecule has 4 rings (SSSR count). The third-order valence-electron chi connectivity index (χ3n) is 5.31. The van der Waals surface area contributed by atoms with Crippen LogP contribution in [0.2, 0.25) is 0 Å². The largest absolute Gasteiger partial charge is 0.543 e. The summed E-state index contributed by atoms with van der Waals surface area (Å²) in [4.78, 5) is 51.8. The Morgan fingerprint density at radius 3 is 2.75 bits per heavy atom. The van der Waals surface area contributed by atoms with Crippen LogP contribution in [0.1, 0.15) is 5.69 Å². The summed E-state index contributed by atoms with van der Waals surface area (Å²) < 4.78 is 1.51. The van der Waals surface area contributed by atoms with Crippen molar-refractivity contribution in [2.24, 2.45) is 12.2 Å². The fourth-order valence-corrected chi connectivity index (χ4v) is 6.44. The number of rotatable bonds is 8. The number of hydrogen-bond donors (Lipinski definition) is 4. The van der Waals surface area contributed by atoms with Gasteiger partial charge in [0.1, 0.15) is 24.2 Å². The molecule has 2 aliphatic heterocycles. The van der Waals surface area contributed by atoms with Crippen LogP contribution in [0.3, 0.4) is 0 Å². The van der Waals surface area contributed by atoms with Gasteiger partial charge in [-0.2, -0.15) is 0 Å². The van der Waals surface area contributed by atoms with Crippen molar-refractivity contribution in [3.05, 3.63) is 28.4 Å². The van der Waals surface area contributed by atoms with Crippen molar-refractivity contribution in [2.45, 2.75) is 16.4 Å². The molecule has 0 radical (unpaired) electrons. The number of carboxylic acid groups (broad SMARTS) is 1. The SMILES string of the molecule is CO/N=C(\C(=O)N[C@@H]1C(=O)N2C(C(=O)[O-])=C(CSc3cc(N)[n+](C)c(N)n3)CS[C@H]12)c1csc(N)n1. The molecule has 0 unspecified atom stereocenters. The highest BCUT2D eigenvalue weighted by atomic mass is 32.2. The third kappa shape index (κ3) is 4.76. The van der Waals surface area contributed by atoms with Crippen LogP contribution >= 0.6 is 34.9 Å². The number of carboxylic acids is 1. The number of thiazole rings is 1. The van der Waals surface area contributed by atoms with Crippen molar-refractivity contribution in [3.8, 4) is 0 Å². The molecule has 4 heterocycles. The molecule has 2 aromatic rings. The number of nitrogens with two attached hydrogens (primary N) is 3. The Morgan fingerprint density at radius 1 is 1.39 bits per heavy atom. The highest BCUT2D eigenvalue weighted by Gasteiger charge is 2.53. The summed E-state index contributed by atoms with van der Waals surface area (Å²) in [5, 5.41) is 19.9. The predicted octanol–water partition coefficient (Wildman–Crippen LogP) is -2.34. The number of β-lactam (4-membered cyclic amide) rings is 1. The molecule has 0 bridgehead atoms. The molecular formula is C19H21N9O5S3. The van der Waals surface area contributed by atoms with Crippen LogP contribution in [-0.2, 0) is 26.3 Å². The van der Waals surface area contributed by atoms with Crippen LogP contribution in [0.5, 0.6) is 0 Å². The highest BCUT2D eigenvalue weighted by Crippen LogP contribution is 2.41. The van der Waals surface area contributed by atoms with E-state index in [0.29, 0.717) is 22.2 Å². The quantitative estimate of drug-likeness (QED) is 0.0677. The number of oxime groups is 1. The molecule has 1 fully saturated rings. The maximum atomic E-state index is 12.9. The number of aliphatic carboxylic acids is 1. The summed E-state index contributed by atoms with van der Waals surface area (Å²) in [7, 11) is 2.93. The van der Waals surface area contributed by atoms with Gasteiger partial charge in [0.25, 0.3) is 11.8 Å². The molecule has 14 nitrogen and oxygen atoms in total. The lowest BCUT2D eigenvalue weighted by atomic mass is 10.0. The number of nitrogens with zero attached hydrogens (tertiary/aromatic N) is 5. The molecule has 2 amide bonds. The first kappa shape index (κ1) is 25.5. The van der Waals surface area contributed by atoms with E-state index < -0.39 is 29.2 Å². The molecule has 2 aliphatic rings. The van der Waals surface area contributed by atoms with E-state index in [-0.39, 0.29) is 33.9 Å². The van der Waals surface area contributed by atoms with Crippen molar-refractivity contribution in [3.63, 3.8) is 0 Å². The number of fused-ring (bicyclic) bond motifs is 1. The maximum Gasteiger partial charge on any atom is 0.345 e. The normalized spacial score (nSPS) is 19.6. The molecule has 0 saturated carbocycles. The van der Waals surface area contributed by atoms with Gasteiger partial charge < -0.3 is 37.3 Å². The average Bonchev–Trinajstić information content (AvgIpc) is 3.27. The number of anilines is 3. The van der Waals surface area contributed by atoms with Crippen molar-refractivity contribution < 1.29 is 28.9 Å². The average molecular weight is 552 g/mol. The second kappa shape index (κ2) is 10.2. The van der Waals surface area contributed by atoms with Gasteiger partial charge in [-0.05, 0) is 5.57 Å². The van der Waals surface area contributed by atoms with Crippen LogP contribution in [0.4, 0.5) is 16.9 Å². The minimum atomic E-state index is -1.49. The summed E-state index contributed by atoms with van der Waals surface area (Å²) in [6.07, 6.45) is 0. The number of nitrogen functional groups attached to an aromatic ring is 3. The Hall–Kier alpha value is -3.57. The van der Waals surface area contributed by atoms with E-state index in [1.165, 1.54) is 40.6 Å². The molecule has 17 heteroatoms. The third-order valence-corrected chi connectivity index (χ3v) is 8.32. The molecule has 0 aliphatic carbocycles. The van der Waals surface area contributed by atoms with Crippen LogP contribution in [-0.4, -0.2) is 68.4 Å². The fourth-order valence-electron chi connectivity index (χ4n) is 3.50. The van der Waals surface area contributed by atoms with E-state index in [1.54, 1.807) is 13.1 Å². The standard InChI is InChI=1S/C19H21N9O5S3/c1-27-9(20)3-10(24-18(27)21)34-4-7-5-35-16-12(15(30)28(16)13(7)17(31)32)25-14(29)11(26-33-2)8-6-36-19(22)23-8/h3,6,12,16H,4-5H2,1-2H3,(H7,20,21,22,23,24,25,29,31,32)/b26-11-/t12-,16-/m1/s1. The fraction of sp³-hybridized carbons (Fsp3) is 0.316. The number of amides is 2. The zero-order chi connectivity index (χ0) is 26.1. The van der Waals surface area contributed by atoms with Gasteiger partial charge in [0.2, 0.25) is 0 Å². The van der Waals surface area contributed by atoms with Gasteiger partial charge in [-0.3, -0.25) is 14.5 Å². The van der Waals surface area contributed by atoms with Gasteiger partial charge in [-0.15, -0.1) is 28.1 Å². The Morgan fingerprint density at radius 2 is 2.14 bits per heavy atom. The zero-order valence-electron chi connectivity index (χ0n) is 19.0. The zero-order valence-corrected chi connectivity index (χ0v) is 21.4. The van der Waals surface area contributed by atoms with Gasteiger partial charge in [0, 0.05) is 23.0 Å². The van der Waals surface area contributed by atoms with Crippen molar-refractivity contribution in [2.75, 3.05) is 35.8 Å². The van der Waals surface area contributed by atoms with Crippen LogP contribution in [0.25, 0.3) is 0 Å². The van der Waals surface area contributed by atoms with Crippen molar-refractivity contribution in [1.82, 2.24) is 20.2 Å². The topological polar surface area (TPSA) is 219 Å². The second-order valence-corrected chi connectivity index (χ2v) is 10.5. The Kier molecular flexibility index (Phi) is 7.23. The lowest BCUT2D eigenvalue weighted by molar-refractivity contribution is -0.645. The van der Waals surface area contributed by atoms with E-state index in [0.717, 1.165) is 16.2 Å². The van der Waals surface area contributed by atoms with Gasteiger partial charge in [0.15, 0.2) is 21.7 Å². The van der Waals surface area contributed by atoms with Crippen LogP contribution in [0.15, 0.2) is 32.9 Å². The van der Waals surface area contributed by atoms with Gasteiger partial charge in [-0.1, -0.05) is 16.9 Å². The molecule has 0 aromatic carbocycles. The number of nitrogens with one attached hydrogen (secondary N) is 1. The van der Waals surface area contributed by atoms with Gasteiger partial charge >= 0.3 is 5.95 Å². The lowest BCUT2D eigenvalue weighted by Crippen LogP contribution is -2.71. The first-order chi connectivity index (χ1) is 17.1. The van der Waals surface area contributed by atoms with E-state index in [4.69, 9.17) is 22.0 Å². The molecule has 190 valence electrons. The smallest absolute Gasteiger partial charge is 0.345 e. The van der Waals surface area contributed by atoms with Crippen LogP contribution in [0, 0.1) is 0 Å². The number of carbonyl (C=O) groups excluding carboxylic acids is 3. The number of hydrogen-bond acceptors (Lipinski definition) is 14. The summed E-state index contributed by atoms with van der Waals surface area (Å²) in [5.41, 5.74) is 17.7. The molecule has 0 spiro atoms. The summed E-state index contributed by atoms with van der Waals surface area (Å²) in [5.74, 6) is -1.66. The summed E-state index contributed by atoms with van der Waals surface area (Å²) >= 11 is 3.66. The number of thioether (sulfide) groups is 2. The summed E-state index contributed by atoms with van der Waals surface area (Å²) in [6.45, 7) is 0. The summed E-state index contributed by atoms with van der Waals surface area (Å²) in [6, 6.07) is 0.647.